The van der Waals surface area contributed by atoms with Gasteiger partial charge in [-0.15, -0.1) is 0 Å². The first-order valence-electron chi connectivity index (χ1n) is 3.76. The maximum Gasteiger partial charge on any atom is 0.224 e. The summed E-state index contributed by atoms with van der Waals surface area (Å²) in [4.78, 5) is 4.12. The van der Waals surface area contributed by atoms with Gasteiger partial charge in [-0.1, -0.05) is 13.8 Å². The van der Waals surface area contributed by atoms with E-state index in [4.69, 9.17) is 4.74 Å². The van der Waals surface area contributed by atoms with Crippen LogP contribution in [0, 0.1) is 5.92 Å². The van der Waals surface area contributed by atoms with Gasteiger partial charge in [-0.25, -0.2) is 4.99 Å². The number of hydrogen-bond acceptors (Lipinski definition) is 3. The van der Waals surface area contributed by atoms with Gasteiger partial charge in [-0.3, -0.25) is 0 Å². The molecular formula is C8H14N2O. The summed E-state index contributed by atoms with van der Waals surface area (Å²) in [5.41, 5.74) is 1.21. The fourth-order valence-electron chi connectivity index (χ4n) is 0.846. The highest BCUT2D eigenvalue weighted by molar-refractivity contribution is 5.79. The summed E-state index contributed by atoms with van der Waals surface area (Å²) >= 11 is 0. The van der Waals surface area contributed by atoms with Crippen molar-refractivity contribution in [3.8, 4) is 0 Å². The van der Waals surface area contributed by atoms with Crippen molar-refractivity contribution in [3.63, 3.8) is 0 Å². The average molecular weight is 154 g/mol. The average Bonchev–Trinajstić information content (AvgIpc) is 2.05. The van der Waals surface area contributed by atoms with Crippen molar-refractivity contribution in [2.45, 2.75) is 20.2 Å². The molecule has 1 rings (SSSR count). The number of aliphatic imine (C=N–C) groups is 1. The van der Waals surface area contributed by atoms with Gasteiger partial charge in [0.25, 0.3) is 0 Å². The van der Waals surface area contributed by atoms with Gasteiger partial charge in [0, 0.05) is 19.5 Å². The van der Waals surface area contributed by atoms with Crippen LogP contribution in [0.2, 0.25) is 0 Å². The van der Waals surface area contributed by atoms with Crippen LogP contribution in [0.1, 0.15) is 13.8 Å². The molecule has 0 saturated heterocycles. The molecule has 62 valence electrons. The second-order valence-corrected chi connectivity index (χ2v) is 2.83. The molecule has 0 saturated carbocycles. The van der Waals surface area contributed by atoms with E-state index in [0.717, 1.165) is 0 Å². The van der Waals surface area contributed by atoms with Gasteiger partial charge in [0.1, 0.15) is 0 Å². The summed E-state index contributed by atoms with van der Waals surface area (Å²) in [6.07, 6.45) is 3.61. The molecule has 11 heavy (non-hydrogen) atoms. The lowest BCUT2D eigenvalue weighted by molar-refractivity contribution is 0.0925. The Hall–Kier alpha value is -0.830. The van der Waals surface area contributed by atoms with Gasteiger partial charge in [0.2, 0.25) is 6.35 Å². The van der Waals surface area contributed by atoms with Crippen molar-refractivity contribution in [1.82, 2.24) is 5.32 Å². The van der Waals surface area contributed by atoms with Crippen LogP contribution in [0.5, 0.6) is 0 Å². The minimum absolute atomic E-state index is 0.197. The van der Waals surface area contributed by atoms with Crippen LogP contribution in [0.4, 0.5) is 0 Å². The Morgan fingerprint density at radius 3 is 2.73 bits per heavy atom. The van der Waals surface area contributed by atoms with Crippen LogP contribution >= 0.6 is 0 Å². The van der Waals surface area contributed by atoms with Crippen LogP contribution in [-0.2, 0) is 4.74 Å². The Bertz CT molecular complexity index is 185. The zero-order valence-electron chi connectivity index (χ0n) is 7.16. The van der Waals surface area contributed by atoms with Crippen LogP contribution in [0.25, 0.3) is 0 Å². The molecule has 1 unspecified atom stereocenters. The topological polar surface area (TPSA) is 33.6 Å². The Kier molecular flexibility index (Phi) is 2.65. The zero-order valence-corrected chi connectivity index (χ0v) is 7.16. The maximum absolute atomic E-state index is 4.97. The number of allylic oxidation sites excluding steroid dienone is 1. The van der Waals surface area contributed by atoms with E-state index in [1.165, 1.54) is 5.57 Å². The molecule has 0 amide bonds. The number of methoxy groups -OCH3 is 1. The standard InChI is InChI=1S/C8H14N2O/c1-6(2)7-4-9-8(11-3)10-5-7/h4-6,8-9H,1-3H3. The first-order valence-corrected chi connectivity index (χ1v) is 3.76. The highest BCUT2D eigenvalue weighted by Gasteiger charge is 2.08. The third-order valence-electron chi connectivity index (χ3n) is 1.64. The number of ether oxygens (including phenoxy) is 1. The molecule has 1 atom stereocenters. The molecule has 1 aliphatic heterocycles. The SMILES string of the molecule is COC1N=CC(C(C)C)=CN1. The first-order chi connectivity index (χ1) is 5.24. The molecule has 0 bridgehead atoms. The van der Waals surface area contributed by atoms with Crippen molar-refractivity contribution in [3.05, 3.63) is 11.8 Å². The Balaban J connectivity index is 2.53. The maximum atomic E-state index is 4.97. The van der Waals surface area contributed by atoms with E-state index in [9.17, 15) is 0 Å². The van der Waals surface area contributed by atoms with Crippen LogP contribution in [0.15, 0.2) is 16.8 Å². The third-order valence-corrected chi connectivity index (χ3v) is 1.64. The van der Waals surface area contributed by atoms with Crippen molar-refractivity contribution in [2.75, 3.05) is 7.11 Å². The third kappa shape index (κ3) is 2.05. The summed E-state index contributed by atoms with van der Waals surface area (Å²) in [7, 11) is 1.63. The first kappa shape index (κ1) is 8.27. The van der Waals surface area contributed by atoms with Gasteiger partial charge >= 0.3 is 0 Å². The minimum Gasteiger partial charge on any atom is -0.347 e. The highest BCUT2D eigenvalue weighted by Crippen LogP contribution is 2.09. The lowest BCUT2D eigenvalue weighted by Crippen LogP contribution is -2.28. The molecule has 1 heterocycles. The van der Waals surface area contributed by atoms with E-state index in [0.29, 0.717) is 5.92 Å². The smallest absolute Gasteiger partial charge is 0.224 e. The summed E-state index contributed by atoms with van der Waals surface area (Å²) < 4.78 is 4.97. The van der Waals surface area contributed by atoms with Gasteiger partial charge in [0.15, 0.2) is 0 Å². The molecule has 1 N–H and O–H groups in total. The zero-order chi connectivity index (χ0) is 8.27. The largest absolute Gasteiger partial charge is 0.347 e. The summed E-state index contributed by atoms with van der Waals surface area (Å²) in [6.45, 7) is 4.26. The van der Waals surface area contributed by atoms with Gasteiger partial charge < -0.3 is 10.1 Å². The van der Waals surface area contributed by atoms with Crippen molar-refractivity contribution in [1.29, 1.82) is 0 Å². The molecule has 0 fully saturated rings. The van der Waals surface area contributed by atoms with Crippen LogP contribution in [-0.4, -0.2) is 19.7 Å². The van der Waals surface area contributed by atoms with Crippen LogP contribution < -0.4 is 5.32 Å². The molecule has 0 aliphatic carbocycles. The Morgan fingerprint density at radius 1 is 1.64 bits per heavy atom. The monoisotopic (exact) mass is 154 g/mol. The van der Waals surface area contributed by atoms with E-state index in [1.54, 1.807) is 7.11 Å². The van der Waals surface area contributed by atoms with E-state index < -0.39 is 0 Å². The van der Waals surface area contributed by atoms with Crippen molar-refractivity contribution in [2.24, 2.45) is 10.9 Å². The van der Waals surface area contributed by atoms with E-state index in [-0.39, 0.29) is 6.35 Å². The lowest BCUT2D eigenvalue weighted by Gasteiger charge is -2.17. The fourth-order valence-corrected chi connectivity index (χ4v) is 0.846. The molecule has 0 aromatic rings. The second kappa shape index (κ2) is 3.53. The normalized spacial score (nSPS) is 23.3. The summed E-state index contributed by atoms with van der Waals surface area (Å²) in [5.74, 6) is 0.518. The van der Waals surface area contributed by atoms with Crippen molar-refractivity contribution >= 4 is 6.21 Å². The minimum atomic E-state index is -0.197. The molecule has 0 aromatic carbocycles. The van der Waals surface area contributed by atoms with Gasteiger partial charge in [-0.2, -0.15) is 0 Å². The molecule has 3 nitrogen and oxygen atoms in total. The molecule has 0 spiro atoms. The predicted octanol–water partition coefficient (Wildman–Crippen LogP) is 1.13. The quantitative estimate of drug-likeness (QED) is 0.647. The number of nitrogens with zero attached hydrogens (tertiary/aromatic N) is 1. The summed E-state index contributed by atoms with van der Waals surface area (Å²) in [5, 5.41) is 3.02. The Labute approximate surface area is 67.2 Å². The van der Waals surface area contributed by atoms with Crippen LogP contribution in [0.3, 0.4) is 0 Å². The fraction of sp³-hybridized carbons (Fsp3) is 0.625. The molecule has 1 aliphatic rings. The van der Waals surface area contributed by atoms with Gasteiger partial charge in [-0.05, 0) is 11.5 Å². The number of rotatable bonds is 2. The molecule has 0 aromatic heterocycles. The Morgan fingerprint density at radius 2 is 2.36 bits per heavy atom. The predicted molar refractivity (Wildman–Crippen MR) is 45.3 cm³/mol. The van der Waals surface area contributed by atoms with E-state index in [2.05, 4.69) is 24.2 Å². The second-order valence-electron chi connectivity index (χ2n) is 2.83. The molecule has 3 heteroatoms. The number of nitrogens with one attached hydrogen (secondary N) is 1. The highest BCUT2D eigenvalue weighted by atomic mass is 16.5. The van der Waals surface area contributed by atoms with E-state index >= 15 is 0 Å². The van der Waals surface area contributed by atoms with Gasteiger partial charge in [0.05, 0.1) is 0 Å². The van der Waals surface area contributed by atoms with E-state index in [1.807, 2.05) is 12.4 Å². The lowest BCUT2D eigenvalue weighted by atomic mass is 10.1. The molecule has 0 radical (unpaired) electrons. The molecular weight excluding hydrogens is 140 g/mol. The van der Waals surface area contributed by atoms with Crippen molar-refractivity contribution < 1.29 is 4.74 Å². The number of hydrogen-bond donors (Lipinski definition) is 1. The summed E-state index contributed by atoms with van der Waals surface area (Å²) in [6, 6.07) is 0.